The highest BCUT2D eigenvalue weighted by molar-refractivity contribution is 7.90. The van der Waals surface area contributed by atoms with Crippen molar-refractivity contribution in [2.24, 2.45) is 0 Å². The number of rotatable bonds is 4. The molecule has 0 aliphatic carbocycles. The Labute approximate surface area is 123 Å². The van der Waals surface area contributed by atoms with Crippen molar-refractivity contribution in [1.82, 2.24) is 4.57 Å². The lowest BCUT2D eigenvalue weighted by Crippen LogP contribution is -2.24. The monoisotopic (exact) mass is 303 g/mol. The summed E-state index contributed by atoms with van der Waals surface area (Å²) in [4.78, 5) is 0. The van der Waals surface area contributed by atoms with Crippen LogP contribution in [0.25, 0.3) is 21.8 Å². The highest BCUT2D eigenvalue weighted by atomic mass is 32.2. The zero-order valence-corrected chi connectivity index (χ0v) is 12.5. The maximum atomic E-state index is 11.3. The second-order valence-corrected chi connectivity index (χ2v) is 7.58. The number of hydrogen-bond acceptors (Lipinski definition) is 3. The first-order valence-electron chi connectivity index (χ1n) is 6.77. The molecule has 5 heteroatoms. The predicted molar refractivity (Wildman–Crippen MR) is 85.2 cm³/mol. The van der Waals surface area contributed by atoms with Crippen LogP contribution < -0.4 is 0 Å². The topological polar surface area (TPSA) is 59.3 Å². The summed E-state index contributed by atoms with van der Waals surface area (Å²) in [5, 5.41) is 12.3. The molecule has 1 atom stereocenters. The Morgan fingerprint density at radius 1 is 1.00 bits per heavy atom. The fraction of sp³-hybridized carbons (Fsp3) is 0.250. The quantitative estimate of drug-likeness (QED) is 0.804. The summed E-state index contributed by atoms with van der Waals surface area (Å²) in [5.41, 5.74) is 2.01. The number of sulfone groups is 1. The number of fused-ring (bicyclic) bond motifs is 3. The third-order valence-electron chi connectivity index (χ3n) is 3.57. The summed E-state index contributed by atoms with van der Waals surface area (Å²) < 4.78 is 24.6. The number of aliphatic hydroxyl groups excluding tert-OH is 1. The summed E-state index contributed by atoms with van der Waals surface area (Å²) in [6.45, 7) is 0.265. The molecule has 0 aliphatic rings. The molecule has 0 fully saturated rings. The van der Waals surface area contributed by atoms with E-state index in [1.165, 1.54) is 0 Å². The summed E-state index contributed by atoms with van der Waals surface area (Å²) in [6, 6.07) is 15.9. The zero-order chi connectivity index (χ0) is 15.0. The number of aromatic nitrogens is 1. The Balaban J connectivity index is 2.12. The molecule has 3 rings (SSSR count). The van der Waals surface area contributed by atoms with Gasteiger partial charge < -0.3 is 9.67 Å². The SMILES string of the molecule is CS(=O)(=O)CC(O)Cn1c2ccccc2c2ccccc21. The van der Waals surface area contributed by atoms with E-state index in [2.05, 4.69) is 0 Å². The molecule has 0 saturated carbocycles. The van der Waals surface area contributed by atoms with Crippen LogP contribution in [0.4, 0.5) is 0 Å². The maximum absolute atomic E-state index is 11.3. The van der Waals surface area contributed by atoms with Gasteiger partial charge in [0.05, 0.1) is 18.4 Å². The van der Waals surface area contributed by atoms with Gasteiger partial charge in [-0.2, -0.15) is 0 Å². The van der Waals surface area contributed by atoms with Crippen molar-refractivity contribution in [3.63, 3.8) is 0 Å². The number of aliphatic hydroxyl groups is 1. The molecule has 0 bridgehead atoms. The Hall–Kier alpha value is -1.85. The average Bonchev–Trinajstić information content (AvgIpc) is 2.72. The van der Waals surface area contributed by atoms with Crippen LogP contribution in [0.15, 0.2) is 48.5 Å². The van der Waals surface area contributed by atoms with Gasteiger partial charge in [-0.15, -0.1) is 0 Å². The van der Waals surface area contributed by atoms with Crippen molar-refractivity contribution < 1.29 is 13.5 Å². The average molecular weight is 303 g/mol. The zero-order valence-electron chi connectivity index (χ0n) is 11.7. The Morgan fingerprint density at radius 2 is 1.48 bits per heavy atom. The molecule has 1 N–H and O–H groups in total. The molecule has 1 unspecified atom stereocenters. The molecule has 0 radical (unpaired) electrons. The number of para-hydroxylation sites is 2. The minimum atomic E-state index is -3.20. The lowest BCUT2D eigenvalue weighted by atomic mass is 10.2. The van der Waals surface area contributed by atoms with Crippen molar-refractivity contribution in [3.05, 3.63) is 48.5 Å². The van der Waals surface area contributed by atoms with Crippen LogP contribution in [-0.2, 0) is 16.4 Å². The van der Waals surface area contributed by atoms with Crippen molar-refractivity contribution in [2.45, 2.75) is 12.6 Å². The van der Waals surface area contributed by atoms with E-state index >= 15 is 0 Å². The van der Waals surface area contributed by atoms with Crippen LogP contribution >= 0.6 is 0 Å². The number of benzene rings is 2. The highest BCUT2D eigenvalue weighted by Crippen LogP contribution is 2.28. The first-order chi connectivity index (χ1) is 9.96. The molecule has 0 aliphatic heterocycles. The second-order valence-electron chi connectivity index (χ2n) is 5.39. The minimum absolute atomic E-state index is 0.228. The van der Waals surface area contributed by atoms with Gasteiger partial charge in [0, 0.05) is 28.1 Å². The van der Waals surface area contributed by atoms with Gasteiger partial charge in [0.15, 0.2) is 0 Å². The Morgan fingerprint density at radius 3 is 1.95 bits per heavy atom. The predicted octanol–water partition coefficient (Wildman–Crippen LogP) is 2.20. The molecule has 2 aromatic carbocycles. The van der Waals surface area contributed by atoms with Crippen LogP contribution in [-0.4, -0.2) is 36.2 Å². The largest absolute Gasteiger partial charge is 0.390 e. The third-order valence-corrected chi connectivity index (χ3v) is 4.56. The molecule has 0 spiro atoms. The smallest absolute Gasteiger partial charge is 0.150 e. The molecule has 0 amide bonds. The van der Waals surface area contributed by atoms with Crippen molar-refractivity contribution in [2.75, 3.05) is 12.0 Å². The molecular formula is C16H17NO3S. The Bertz CT molecular complexity index is 843. The van der Waals surface area contributed by atoms with Crippen molar-refractivity contribution in [1.29, 1.82) is 0 Å². The van der Waals surface area contributed by atoms with Crippen LogP contribution in [0.3, 0.4) is 0 Å². The summed E-state index contributed by atoms with van der Waals surface area (Å²) in [7, 11) is -3.20. The van der Waals surface area contributed by atoms with Gasteiger partial charge in [-0.25, -0.2) is 8.42 Å². The number of hydrogen-bond donors (Lipinski definition) is 1. The van der Waals surface area contributed by atoms with Crippen molar-refractivity contribution >= 4 is 31.6 Å². The van der Waals surface area contributed by atoms with E-state index in [4.69, 9.17) is 0 Å². The van der Waals surface area contributed by atoms with Gasteiger partial charge in [0.2, 0.25) is 0 Å². The summed E-state index contributed by atoms with van der Waals surface area (Å²) in [6.07, 6.45) is 0.224. The fourth-order valence-electron chi connectivity index (χ4n) is 2.81. The van der Waals surface area contributed by atoms with Gasteiger partial charge >= 0.3 is 0 Å². The van der Waals surface area contributed by atoms with Crippen LogP contribution in [0.2, 0.25) is 0 Å². The van der Waals surface area contributed by atoms with E-state index < -0.39 is 15.9 Å². The second kappa shape index (κ2) is 5.16. The van der Waals surface area contributed by atoms with E-state index in [0.717, 1.165) is 28.1 Å². The van der Waals surface area contributed by atoms with Crippen LogP contribution in [0.1, 0.15) is 0 Å². The van der Waals surface area contributed by atoms with Crippen molar-refractivity contribution in [3.8, 4) is 0 Å². The summed E-state index contributed by atoms with van der Waals surface area (Å²) in [5.74, 6) is -0.228. The molecular weight excluding hydrogens is 286 g/mol. The lowest BCUT2D eigenvalue weighted by Gasteiger charge is -2.13. The molecule has 0 saturated heterocycles. The molecule has 110 valence electrons. The van der Waals surface area contributed by atoms with E-state index in [1.807, 2.05) is 53.1 Å². The van der Waals surface area contributed by atoms with Crippen LogP contribution in [0, 0.1) is 0 Å². The van der Waals surface area contributed by atoms with Gasteiger partial charge in [0.25, 0.3) is 0 Å². The lowest BCUT2D eigenvalue weighted by molar-refractivity contribution is 0.179. The van der Waals surface area contributed by atoms with Crippen LogP contribution in [0.5, 0.6) is 0 Å². The fourth-order valence-corrected chi connectivity index (χ4v) is 3.62. The maximum Gasteiger partial charge on any atom is 0.150 e. The molecule has 21 heavy (non-hydrogen) atoms. The molecule has 3 aromatic rings. The van der Waals surface area contributed by atoms with E-state index in [0.29, 0.717) is 0 Å². The van der Waals surface area contributed by atoms with Gasteiger partial charge in [0.1, 0.15) is 9.84 Å². The standard InChI is InChI=1S/C16H17NO3S/c1-21(19,20)11-12(18)10-17-15-8-4-2-6-13(15)14-7-3-5-9-16(14)17/h2-9,12,18H,10-11H2,1H3. The third kappa shape index (κ3) is 2.80. The minimum Gasteiger partial charge on any atom is -0.390 e. The Kier molecular flexibility index (Phi) is 3.47. The van der Waals surface area contributed by atoms with Gasteiger partial charge in [-0.1, -0.05) is 36.4 Å². The molecule has 1 aromatic heterocycles. The van der Waals surface area contributed by atoms with Gasteiger partial charge in [-0.3, -0.25) is 0 Å². The first kappa shape index (κ1) is 14.1. The van der Waals surface area contributed by atoms with E-state index in [-0.39, 0.29) is 12.3 Å². The van der Waals surface area contributed by atoms with E-state index in [1.54, 1.807) is 0 Å². The number of nitrogens with zero attached hydrogens (tertiary/aromatic N) is 1. The molecule has 4 nitrogen and oxygen atoms in total. The van der Waals surface area contributed by atoms with Gasteiger partial charge in [-0.05, 0) is 12.1 Å². The van der Waals surface area contributed by atoms with E-state index in [9.17, 15) is 13.5 Å². The first-order valence-corrected chi connectivity index (χ1v) is 8.83. The highest BCUT2D eigenvalue weighted by Gasteiger charge is 2.16. The molecule has 1 heterocycles. The summed E-state index contributed by atoms with van der Waals surface area (Å²) >= 11 is 0. The normalized spacial score (nSPS) is 13.8.